The number of anilines is 3. The van der Waals surface area contributed by atoms with Crippen LogP contribution in [0.2, 0.25) is 0 Å². The highest BCUT2D eigenvalue weighted by molar-refractivity contribution is 8.06. The number of aliphatic imine (C=N–C) groups is 1. The number of allylic oxidation sites excluding steroid dienone is 1. The van der Waals surface area contributed by atoms with Crippen molar-refractivity contribution in [3.05, 3.63) is 70.6 Å². The summed E-state index contributed by atoms with van der Waals surface area (Å²) in [7, 11) is -4.01. The van der Waals surface area contributed by atoms with Gasteiger partial charge in [-0.15, -0.1) is 0 Å². The van der Waals surface area contributed by atoms with Crippen molar-refractivity contribution in [2.24, 2.45) is 4.99 Å². The highest BCUT2D eigenvalue weighted by Crippen LogP contribution is 2.34. The fourth-order valence-electron chi connectivity index (χ4n) is 3.79. The number of thioether (sulfide) groups is 1. The number of sulfonamides is 1. The molecule has 3 rings (SSSR count). The van der Waals surface area contributed by atoms with Crippen LogP contribution in [0.15, 0.2) is 80.5 Å². The fourth-order valence-corrected chi connectivity index (χ4v) is 5.88. The van der Waals surface area contributed by atoms with Crippen LogP contribution in [0.25, 0.3) is 0 Å². The van der Waals surface area contributed by atoms with Gasteiger partial charge in [0.15, 0.2) is 0 Å². The molecule has 5 N–H and O–H groups in total. The summed E-state index contributed by atoms with van der Waals surface area (Å²) in [5, 5.41) is 16.0. The molecule has 0 saturated carbocycles. The van der Waals surface area contributed by atoms with Crippen LogP contribution >= 0.6 is 11.8 Å². The third-order valence-electron chi connectivity index (χ3n) is 5.60. The summed E-state index contributed by atoms with van der Waals surface area (Å²) in [6, 6.07) is 13.1. The van der Waals surface area contributed by atoms with Crippen LogP contribution < -0.4 is 20.8 Å². The summed E-state index contributed by atoms with van der Waals surface area (Å²) in [5.41, 5.74) is 4.57. The van der Waals surface area contributed by atoms with Gasteiger partial charge in [-0.05, 0) is 60.6 Å². The maximum Gasteiger partial charge on any atom is 0.309 e. The van der Waals surface area contributed by atoms with Gasteiger partial charge in [0.2, 0.25) is 10.0 Å². The topological polar surface area (TPSA) is 141 Å². The number of rotatable bonds is 12. The minimum Gasteiger partial charge on any atom is -0.466 e. The van der Waals surface area contributed by atoms with E-state index in [1.54, 1.807) is 6.92 Å². The molecule has 12 heteroatoms. The van der Waals surface area contributed by atoms with E-state index in [9.17, 15) is 18.4 Å². The molecule has 0 bridgehead atoms. The molecule has 1 unspecified atom stereocenters. The lowest BCUT2D eigenvalue weighted by Gasteiger charge is -2.30. The van der Waals surface area contributed by atoms with Crippen LogP contribution in [-0.2, 0) is 19.6 Å². The molecular formula is C26H33N5O5S2. The fraction of sp³-hybridized carbons (Fsp3) is 0.308. The second kappa shape index (κ2) is 13.5. The maximum atomic E-state index is 13.2. The van der Waals surface area contributed by atoms with Gasteiger partial charge in [0, 0.05) is 0 Å². The highest BCUT2D eigenvalue weighted by Gasteiger charge is 2.29. The van der Waals surface area contributed by atoms with Gasteiger partial charge in [0.1, 0.15) is 12.0 Å². The van der Waals surface area contributed by atoms with Crippen LogP contribution in [0.3, 0.4) is 0 Å². The monoisotopic (exact) mass is 559 g/mol. The number of amidine groups is 1. The average molecular weight is 560 g/mol. The van der Waals surface area contributed by atoms with Crippen LogP contribution in [0.4, 0.5) is 17.1 Å². The Kier molecular flexibility index (Phi) is 10.4. The summed E-state index contributed by atoms with van der Waals surface area (Å²) in [5.74, 6) is 0.0256. The van der Waals surface area contributed by atoms with E-state index in [1.165, 1.54) is 36.0 Å². The Morgan fingerprint density at radius 2 is 1.87 bits per heavy atom. The van der Waals surface area contributed by atoms with E-state index in [-0.39, 0.29) is 23.0 Å². The quantitative estimate of drug-likeness (QED) is 0.174. The number of hydrogen-bond donors (Lipinski definition) is 5. The predicted molar refractivity (Wildman–Crippen MR) is 153 cm³/mol. The van der Waals surface area contributed by atoms with Crippen LogP contribution in [-0.4, -0.2) is 38.2 Å². The van der Waals surface area contributed by atoms with Gasteiger partial charge in [0.05, 0.1) is 40.0 Å². The summed E-state index contributed by atoms with van der Waals surface area (Å²) in [6.45, 7) is 10.1. The van der Waals surface area contributed by atoms with Gasteiger partial charge < -0.3 is 15.4 Å². The minimum atomic E-state index is -4.01. The molecule has 0 amide bonds. The zero-order valence-electron chi connectivity index (χ0n) is 21.6. The first kappa shape index (κ1) is 29.2. The Labute approximate surface area is 227 Å². The Hall–Kier alpha value is -3.32. The molecule has 0 radical (unpaired) electrons. The Morgan fingerprint density at radius 3 is 2.53 bits per heavy atom. The van der Waals surface area contributed by atoms with Gasteiger partial charge in [0.25, 0.3) is 0 Å². The molecule has 2 aromatic rings. The first-order chi connectivity index (χ1) is 18.2. The number of carbonyl (C=O) groups is 1. The lowest BCUT2D eigenvalue weighted by atomic mass is 10.1. The van der Waals surface area contributed by atoms with Gasteiger partial charge in [-0.1, -0.05) is 50.4 Å². The van der Waals surface area contributed by atoms with Crippen molar-refractivity contribution in [3.8, 4) is 0 Å². The molecule has 1 atom stereocenters. The molecule has 204 valence electrons. The molecule has 38 heavy (non-hydrogen) atoms. The number of carbonyl (C=O) groups excluding carboxylic acids is 1. The van der Waals surface area contributed by atoms with E-state index in [0.717, 1.165) is 16.2 Å². The van der Waals surface area contributed by atoms with Crippen molar-refractivity contribution < 1.29 is 23.2 Å². The number of para-hydroxylation sites is 2. The van der Waals surface area contributed by atoms with Crippen molar-refractivity contribution in [2.75, 3.05) is 22.7 Å². The van der Waals surface area contributed by atoms with Crippen LogP contribution in [0.1, 0.15) is 40.0 Å². The first-order valence-electron chi connectivity index (χ1n) is 12.2. The summed E-state index contributed by atoms with van der Waals surface area (Å²) >= 11 is 1.34. The zero-order chi connectivity index (χ0) is 27.7. The van der Waals surface area contributed by atoms with E-state index >= 15 is 0 Å². The van der Waals surface area contributed by atoms with Crippen molar-refractivity contribution in [2.45, 2.75) is 51.1 Å². The lowest BCUT2D eigenvalue weighted by Crippen LogP contribution is -2.51. The molecule has 0 saturated heterocycles. The van der Waals surface area contributed by atoms with Crippen molar-refractivity contribution in [3.63, 3.8) is 0 Å². The summed E-state index contributed by atoms with van der Waals surface area (Å²) in [6.07, 6.45) is 0.617. The van der Waals surface area contributed by atoms with Gasteiger partial charge in [-0.3, -0.25) is 15.5 Å². The largest absolute Gasteiger partial charge is 0.466 e. The summed E-state index contributed by atoms with van der Waals surface area (Å²) < 4.78 is 34.1. The molecule has 0 aliphatic carbocycles. The zero-order valence-corrected chi connectivity index (χ0v) is 23.2. The molecule has 0 fully saturated rings. The number of nitrogens with zero attached hydrogens (tertiary/aromatic N) is 1. The van der Waals surface area contributed by atoms with E-state index < -0.39 is 16.2 Å². The van der Waals surface area contributed by atoms with Crippen LogP contribution in [0, 0.1) is 0 Å². The highest BCUT2D eigenvalue weighted by atomic mass is 32.2. The molecule has 0 spiro atoms. The molecule has 0 aromatic heterocycles. The number of fused-ring (bicyclic) bond motifs is 1. The van der Waals surface area contributed by atoms with Crippen molar-refractivity contribution in [1.82, 2.24) is 4.72 Å². The molecular weight excluding hydrogens is 526 g/mol. The van der Waals surface area contributed by atoms with E-state index in [1.807, 2.05) is 43.6 Å². The number of benzene rings is 2. The molecule has 1 heterocycles. The van der Waals surface area contributed by atoms with Crippen molar-refractivity contribution in [1.29, 1.82) is 0 Å². The first-order valence-corrected chi connectivity index (χ1v) is 14.5. The maximum absolute atomic E-state index is 13.2. The Balaban J connectivity index is 1.90. The number of ether oxygens (including phenoxy) is 1. The average Bonchev–Trinajstić information content (AvgIpc) is 2.90. The molecule has 2 aromatic carbocycles. The number of nitrogens with one attached hydrogen (secondary N) is 4. The predicted octanol–water partition coefficient (Wildman–Crippen LogP) is 5.26. The third-order valence-corrected chi connectivity index (χ3v) is 8.17. The second-order valence-electron chi connectivity index (χ2n) is 8.22. The third kappa shape index (κ3) is 7.60. The van der Waals surface area contributed by atoms with Crippen LogP contribution in [0.5, 0.6) is 0 Å². The van der Waals surface area contributed by atoms with E-state index in [2.05, 4.69) is 26.9 Å². The molecule has 1 aliphatic heterocycles. The lowest BCUT2D eigenvalue weighted by molar-refractivity contribution is -0.142. The number of hydrogen-bond acceptors (Lipinski definition) is 9. The van der Waals surface area contributed by atoms with Gasteiger partial charge in [-0.2, -0.15) is 4.72 Å². The van der Waals surface area contributed by atoms with Gasteiger partial charge >= 0.3 is 5.97 Å². The standard InChI is InChI=1S/C26H33N5O5S2/c1-5-18(15-24(32)36-7-3)23(6-2)37-17(4)27-25-26(29-22-14-9-8-13-21(22)28-25)31-38(34,35)20-12-10-11-19(16-20)30-33/h8-14,16,26,29-31,33H,4-7,15H2,1-3H3,(H,27,28)/b23-18-. The summed E-state index contributed by atoms with van der Waals surface area (Å²) in [4.78, 5) is 17.6. The molecule has 10 nitrogen and oxygen atoms in total. The van der Waals surface area contributed by atoms with E-state index in [4.69, 9.17) is 4.74 Å². The van der Waals surface area contributed by atoms with Gasteiger partial charge in [-0.25, -0.2) is 13.4 Å². The Morgan fingerprint density at radius 1 is 1.13 bits per heavy atom. The molecule has 1 aliphatic rings. The van der Waals surface area contributed by atoms with E-state index in [0.29, 0.717) is 36.0 Å². The minimum absolute atomic E-state index is 0.0347. The second-order valence-corrected chi connectivity index (χ2v) is 11.1. The number of esters is 1. The Bertz CT molecular complexity index is 1340. The smallest absolute Gasteiger partial charge is 0.309 e. The SMILES string of the molecule is C=C(/N=C1\Nc2ccccc2NC1NS(=O)(=O)c1cccc(NO)c1)S/C(CC)=C(/CC)CC(=O)OCC. The van der Waals surface area contributed by atoms with Crippen molar-refractivity contribution >= 4 is 50.7 Å². The normalized spacial score (nSPS) is 16.5.